The smallest absolute Gasteiger partial charge is 0.287 e. The van der Waals surface area contributed by atoms with Gasteiger partial charge in [-0.25, -0.2) is 0 Å². The van der Waals surface area contributed by atoms with E-state index in [0.717, 1.165) is 29.8 Å². The highest BCUT2D eigenvalue weighted by atomic mass is 16.3. The fourth-order valence-electron chi connectivity index (χ4n) is 2.58. The molecule has 0 radical (unpaired) electrons. The first-order valence-electron chi connectivity index (χ1n) is 7.37. The topological polar surface area (TPSA) is 62.6 Å². The summed E-state index contributed by atoms with van der Waals surface area (Å²) >= 11 is 0. The molecule has 0 bridgehead atoms. The molecule has 22 heavy (non-hydrogen) atoms. The van der Waals surface area contributed by atoms with Crippen LogP contribution in [0.25, 0.3) is 0 Å². The Morgan fingerprint density at radius 1 is 1.27 bits per heavy atom. The molecule has 1 saturated heterocycles. The van der Waals surface area contributed by atoms with Gasteiger partial charge in [-0.05, 0) is 37.1 Å². The molecule has 1 aliphatic heterocycles. The molecular weight excluding hydrogens is 280 g/mol. The third-order valence-corrected chi connectivity index (χ3v) is 3.84. The highest BCUT2D eigenvalue weighted by Gasteiger charge is 2.21. The van der Waals surface area contributed by atoms with E-state index in [1.54, 1.807) is 11.0 Å². The lowest BCUT2D eigenvalue weighted by atomic mass is 10.2. The first kappa shape index (κ1) is 14.4. The van der Waals surface area contributed by atoms with Crippen molar-refractivity contribution in [2.45, 2.75) is 26.3 Å². The van der Waals surface area contributed by atoms with Crippen molar-refractivity contribution in [1.29, 1.82) is 0 Å². The van der Waals surface area contributed by atoms with Gasteiger partial charge >= 0.3 is 0 Å². The highest BCUT2D eigenvalue weighted by molar-refractivity contribution is 5.95. The Morgan fingerprint density at radius 3 is 2.64 bits per heavy atom. The van der Waals surface area contributed by atoms with Crippen LogP contribution < -0.4 is 10.2 Å². The van der Waals surface area contributed by atoms with Gasteiger partial charge < -0.3 is 14.6 Å². The average Bonchev–Trinajstić information content (AvgIpc) is 3.14. The number of nitrogens with one attached hydrogen (secondary N) is 1. The monoisotopic (exact) mass is 298 g/mol. The molecule has 0 aliphatic carbocycles. The molecule has 1 aliphatic rings. The molecule has 1 N–H and O–H groups in total. The molecule has 0 unspecified atom stereocenters. The Bertz CT molecular complexity index is 688. The van der Waals surface area contributed by atoms with Gasteiger partial charge in [-0.3, -0.25) is 9.59 Å². The van der Waals surface area contributed by atoms with Gasteiger partial charge in [0, 0.05) is 30.8 Å². The number of hydrogen-bond donors (Lipinski definition) is 1. The minimum atomic E-state index is -0.221. The number of benzene rings is 1. The van der Waals surface area contributed by atoms with Crippen molar-refractivity contribution in [1.82, 2.24) is 5.32 Å². The van der Waals surface area contributed by atoms with E-state index in [9.17, 15) is 9.59 Å². The molecule has 5 heteroatoms. The number of hydrogen-bond acceptors (Lipinski definition) is 3. The van der Waals surface area contributed by atoms with Crippen LogP contribution in [-0.4, -0.2) is 18.4 Å². The van der Waals surface area contributed by atoms with E-state index in [1.165, 1.54) is 6.26 Å². The van der Waals surface area contributed by atoms with E-state index in [-0.39, 0.29) is 11.8 Å². The SMILES string of the molecule is Cc1ccoc1C(=O)NCc1ccc(N2CCCC2=O)cc1. The van der Waals surface area contributed by atoms with Crippen molar-refractivity contribution < 1.29 is 14.0 Å². The summed E-state index contributed by atoms with van der Waals surface area (Å²) in [7, 11) is 0. The van der Waals surface area contributed by atoms with E-state index in [1.807, 2.05) is 31.2 Å². The van der Waals surface area contributed by atoms with Gasteiger partial charge in [-0.2, -0.15) is 0 Å². The van der Waals surface area contributed by atoms with Crippen molar-refractivity contribution in [3.8, 4) is 0 Å². The number of amides is 2. The largest absolute Gasteiger partial charge is 0.459 e. The number of aryl methyl sites for hydroxylation is 1. The Balaban J connectivity index is 1.61. The molecule has 1 aromatic carbocycles. The zero-order valence-corrected chi connectivity index (χ0v) is 12.5. The summed E-state index contributed by atoms with van der Waals surface area (Å²) in [4.78, 5) is 25.5. The fraction of sp³-hybridized carbons (Fsp3) is 0.294. The number of carbonyl (C=O) groups is 2. The quantitative estimate of drug-likeness (QED) is 0.944. The minimum Gasteiger partial charge on any atom is -0.459 e. The second-order valence-corrected chi connectivity index (χ2v) is 5.43. The zero-order valence-electron chi connectivity index (χ0n) is 12.5. The van der Waals surface area contributed by atoms with Crippen LogP contribution in [0.2, 0.25) is 0 Å². The Kier molecular flexibility index (Phi) is 3.96. The van der Waals surface area contributed by atoms with Crippen molar-refractivity contribution in [3.63, 3.8) is 0 Å². The third kappa shape index (κ3) is 2.88. The molecule has 114 valence electrons. The van der Waals surface area contributed by atoms with Crippen LogP contribution in [0, 0.1) is 6.92 Å². The normalized spacial score (nSPS) is 14.4. The van der Waals surface area contributed by atoms with Crippen LogP contribution in [0.15, 0.2) is 41.0 Å². The molecule has 1 fully saturated rings. The molecule has 2 heterocycles. The van der Waals surface area contributed by atoms with E-state index in [2.05, 4.69) is 5.32 Å². The number of rotatable bonds is 4. The zero-order chi connectivity index (χ0) is 15.5. The molecule has 0 saturated carbocycles. The van der Waals surface area contributed by atoms with Crippen molar-refractivity contribution in [2.24, 2.45) is 0 Å². The maximum Gasteiger partial charge on any atom is 0.287 e. The summed E-state index contributed by atoms with van der Waals surface area (Å²) in [5, 5.41) is 2.83. The standard InChI is InChI=1S/C17H18N2O3/c1-12-8-10-22-16(12)17(21)18-11-13-4-6-14(7-5-13)19-9-2-3-15(19)20/h4-8,10H,2-3,9,11H2,1H3,(H,18,21). The second kappa shape index (κ2) is 6.05. The van der Waals surface area contributed by atoms with Gasteiger partial charge in [0.1, 0.15) is 0 Å². The predicted octanol–water partition coefficient (Wildman–Crippen LogP) is 2.64. The van der Waals surface area contributed by atoms with Gasteiger partial charge in [-0.1, -0.05) is 12.1 Å². The maximum atomic E-state index is 12.0. The second-order valence-electron chi connectivity index (χ2n) is 5.43. The molecule has 2 aromatic rings. The summed E-state index contributed by atoms with van der Waals surface area (Å²) in [5.41, 5.74) is 2.72. The number of carbonyl (C=O) groups excluding carboxylic acids is 2. The van der Waals surface area contributed by atoms with Gasteiger partial charge in [0.05, 0.1) is 6.26 Å². The lowest BCUT2D eigenvalue weighted by molar-refractivity contribution is -0.117. The Labute approximate surface area is 128 Å². The van der Waals surface area contributed by atoms with Crippen molar-refractivity contribution in [2.75, 3.05) is 11.4 Å². The average molecular weight is 298 g/mol. The summed E-state index contributed by atoms with van der Waals surface area (Å²) in [6.45, 7) is 3.04. The first-order valence-corrected chi connectivity index (χ1v) is 7.37. The van der Waals surface area contributed by atoms with Crippen LogP contribution in [0.4, 0.5) is 5.69 Å². The van der Waals surface area contributed by atoms with Crippen molar-refractivity contribution >= 4 is 17.5 Å². The Morgan fingerprint density at radius 2 is 2.05 bits per heavy atom. The molecule has 3 rings (SSSR count). The van der Waals surface area contributed by atoms with Gasteiger partial charge in [0.25, 0.3) is 5.91 Å². The molecular formula is C17H18N2O3. The first-order chi connectivity index (χ1) is 10.6. The van der Waals surface area contributed by atoms with E-state index >= 15 is 0 Å². The lowest BCUT2D eigenvalue weighted by Gasteiger charge is -2.16. The minimum absolute atomic E-state index is 0.175. The van der Waals surface area contributed by atoms with E-state index in [0.29, 0.717) is 18.7 Å². The van der Waals surface area contributed by atoms with Crippen LogP contribution in [-0.2, 0) is 11.3 Å². The van der Waals surface area contributed by atoms with Gasteiger partial charge in [0.15, 0.2) is 5.76 Å². The molecule has 0 spiro atoms. The number of furan rings is 1. The van der Waals surface area contributed by atoms with Crippen LogP contribution in [0.3, 0.4) is 0 Å². The van der Waals surface area contributed by atoms with Gasteiger partial charge in [0.2, 0.25) is 5.91 Å². The number of nitrogens with zero attached hydrogens (tertiary/aromatic N) is 1. The van der Waals surface area contributed by atoms with E-state index in [4.69, 9.17) is 4.42 Å². The summed E-state index contributed by atoms with van der Waals surface area (Å²) in [5.74, 6) is 0.301. The summed E-state index contributed by atoms with van der Waals surface area (Å²) in [6.07, 6.45) is 3.05. The number of anilines is 1. The third-order valence-electron chi connectivity index (χ3n) is 3.84. The maximum absolute atomic E-state index is 12.0. The molecule has 0 atom stereocenters. The highest BCUT2D eigenvalue weighted by Crippen LogP contribution is 2.21. The molecule has 5 nitrogen and oxygen atoms in total. The summed E-state index contributed by atoms with van der Waals surface area (Å²) in [6, 6.07) is 9.45. The van der Waals surface area contributed by atoms with Crippen molar-refractivity contribution in [3.05, 3.63) is 53.5 Å². The lowest BCUT2D eigenvalue weighted by Crippen LogP contribution is -2.24. The molecule has 1 aromatic heterocycles. The van der Waals surface area contributed by atoms with E-state index < -0.39 is 0 Å². The fourth-order valence-corrected chi connectivity index (χ4v) is 2.58. The Hall–Kier alpha value is -2.56. The molecule has 2 amide bonds. The predicted molar refractivity (Wildman–Crippen MR) is 82.6 cm³/mol. The van der Waals surface area contributed by atoms with Crippen LogP contribution in [0.1, 0.15) is 34.5 Å². The van der Waals surface area contributed by atoms with Crippen LogP contribution in [0.5, 0.6) is 0 Å². The van der Waals surface area contributed by atoms with Crippen LogP contribution >= 0.6 is 0 Å². The van der Waals surface area contributed by atoms with Gasteiger partial charge in [-0.15, -0.1) is 0 Å². The summed E-state index contributed by atoms with van der Waals surface area (Å²) < 4.78 is 5.16.